The van der Waals surface area contributed by atoms with Crippen LogP contribution in [0, 0.1) is 0 Å². The summed E-state index contributed by atoms with van der Waals surface area (Å²) in [6.07, 6.45) is 2.02. The van der Waals surface area contributed by atoms with E-state index in [4.69, 9.17) is 4.74 Å². The van der Waals surface area contributed by atoms with Gasteiger partial charge in [-0.1, -0.05) is 12.1 Å². The van der Waals surface area contributed by atoms with Crippen LogP contribution in [-0.2, 0) is 16.1 Å². The first kappa shape index (κ1) is 14.1. The molecule has 1 fully saturated rings. The number of aromatic nitrogens is 2. The molecule has 5 heteroatoms. The number of nitrogens with one attached hydrogen (secondary N) is 1. The van der Waals surface area contributed by atoms with Crippen molar-refractivity contribution in [3.8, 4) is 0 Å². The SMILES string of the molecule is CC(C)NC(=O)Cn1c(C2CCCO2)nc2ccccc21. The zero-order valence-corrected chi connectivity index (χ0v) is 12.5. The van der Waals surface area contributed by atoms with Gasteiger partial charge in [0, 0.05) is 12.6 Å². The summed E-state index contributed by atoms with van der Waals surface area (Å²) in [7, 11) is 0. The molecule has 1 aliphatic rings. The van der Waals surface area contributed by atoms with Crippen molar-refractivity contribution >= 4 is 16.9 Å². The highest BCUT2D eigenvalue weighted by Crippen LogP contribution is 2.30. The van der Waals surface area contributed by atoms with Crippen LogP contribution in [0.2, 0.25) is 0 Å². The largest absolute Gasteiger partial charge is 0.370 e. The van der Waals surface area contributed by atoms with Gasteiger partial charge in [0.1, 0.15) is 18.5 Å². The summed E-state index contributed by atoms with van der Waals surface area (Å²) in [5.41, 5.74) is 1.90. The van der Waals surface area contributed by atoms with Crippen LogP contribution in [0.5, 0.6) is 0 Å². The molecular weight excluding hydrogens is 266 g/mol. The zero-order valence-electron chi connectivity index (χ0n) is 12.5. The number of imidazole rings is 1. The number of carbonyl (C=O) groups is 1. The Kier molecular flexibility index (Phi) is 3.92. The normalized spacial score (nSPS) is 18.5. The third-order valence-corrected chi connectivity index (χ3v) is 3.65. The smallest absolute Gasteiger partial charge is 0.240 e. The lowest BCUT2D eigenvalue weighted by molar-refractivity contribution is -0.122. The van der Waals surface area contributed by atoms with E-state index in [2.05, 4.69) is 10.3 Å². The van der Waals surface area contributed by atoms with Gasteiger partial charge in [-0.15, -0.1) is 0 Å². The molecule has 1 atom stereocenters. The first-order valence-electron chi connectivity index (χ1n) is 7.51. The van der Waals surface area contributed by atoms with Crippen LogP contribution in [0.25, 0.3) is 11.0 Å². The van der Waals surface area contributed by atoms with Crippen molar-refractivity contribution in [2.45, 2.75) is 45.4 Å². The fourth-order valence-corrected chi connectivity index (χ4v) is 2.80. The Bertz CT molecular complexity index is 642. The van der Waals surface area contributed by atoms with Gasteiger partial charge in [0.2, 0.25) is 5.91 Å². The third kappa shape index (κ3) is 2.93. The molecule has 3 rings (SSSR count). The van der Waals surface area contributed by atoms with Gasteiger partial charge in [0.15, 0.2) is 0 Å². The quantitative estimate of drug-likeness (QED) is 0.939. The van der Waals surface area contributed by atoms with E-state index in [0.29, 0.717) is 0 Å². The highest BCUT2D eigenvalue weighted by Gasteiger charge is 2.25. The Labute approximate surface area is 124 Å². The van der Waals surface area contributed by atoms with Crippen molar-refractivity contribution in [2.75, 3.05) is 6.61 Å². The van der Waals surface area contributed by atoms with Crippen LogP contribution in [-0.4, -0.2) is 28.1 Å². The number of amides is 1. The summed E-state index contributed by atoms with van der Waals surface area (Å²) < 4.78 is 7.75. The van der Waals surface area contributed by atoms with Gasteiger partial charge in [-0.2, -0.15) is 0 Å². The summed E-state index contributed by atoms with van der Waals surface area (Å²) in [5, 5.41) is 2.94. The molecular formula is C16H21N3O2. The van der Waals surface area contributed by atoms with Crippen LogP contribution in [0.4, 0.5) is 0 Å². The molecule has 2 aromatic rings. The van der Waals surface area contributed by atoms with Crippen LogP contribution < -0.4 is 5.32 Å². The monoisotopic (exact) mass is 287 g/mol. The van der Waals surface area contributed by atoms with Crippen molar-refractivity contribution in [3.05, 3.63) is 30.1 Å². The summed E-state index contributed by atoms with van der Waals surface area (Å²) in [4.78, 5) is 16.8. The Morgan fingerprint density at radius 3 is 3.00 bits per heavy atom. The maximum absolute atomic E-state index is 12.1. The molecule has 0 saturated carbocycles. The summed E-state index contributed by atoms with van der Waals surface area (Å²) >= 11 is 0. The highest BCUT2D eigenvalue weighted by molar-refractivity contribution is 5.81. The van der Waals surface area contributed by atoms with Gasteiger partial charge in [-0.25, -0.2) is 4.98 Å². The van der Waals surface area contributed by atoms with Crippen molar-refractivity contribution < 1.29 is 9.53 Å². The van der Waals surface area contributed by atoms with Crippen LogP contribution in [0.1, 0.15) is 38.6 Å². The Balaban J connectivity index is 1.97. The zero-order chi connectivity index (χ0) is 14.8. The molecule has 1 aromatic heterocycles. The lowest BCUT2D eigenvalue weighted by Crippen LogP contribution is -2.33. The van der Waals surface area contributed by atoms with Crippen LogP contribution in [0.15, 0.2) is 24.3 Å². The minimum Gasteiger partial charge on any atom is -0.370 e. The molecule has 1 amide bonds. The lowest BCUT2D eigenvalue weighted by atomic mass is 10.2. The van der Waals surface area contributed by atoms with E-state index in [9.17, 15) is 4.79 Å². The average Bonchev–Trinajstić information content (AvgIpc) is 3.06. The second-order valence-electron chi connectivity index (χ2n) is 5.77. The number of fused-ring (bicyclic) bond motifs is 1. The fraction of sp³-hybridized carbons (Fsp3) is 0.500. The molecule has 0 bridgehead atoms. The van der Waals surface area contributed by atoms with E-state index in [1.54, 1.807) is 0 Å². The number of para-hydroxylation sites is 2. The number of hydrogen-bond acceptors (Lipinski definition) is 3. The van der Waals surface area contributed by atoms with Crippen molar-refractivity contribution in [2.24, 2.45) is 0 Å². The molecule has 0 aliphatic carbocycles. The Hall–Kier alpha value is -1.88. The topological polar surface area (TPSA) is 56.2 Å². The van der Waals surface area contributed by atoms with Crippen molar-refractivity contribution in [1.82, 2.24) is 14.9 Å². The van der Waals surface area contributed by atoms with Crippen LogP contribution >= 0.6 is 0 Å². The third-order valence-electron chi connectivity index (χ3n) is 3.65. The van der Waals surface area contributed by atoms with E-state index in [1.807, 2.05) is 42.7 Å². The molecule has 1 unspecified atom stereocenters. The molecule has 1 N–H and O–H groups in total. The Morgan fingerprint density at radius 2 is 2.29 bits per heavy atom. The first-order valence-corrected chi connectivity index (χ1v) is 7.51. The van der Waals surface area contributed by atoms with Gasteiger partial charge < -0.3 is 14.6 Å². The lowest BCUT2D eigenvalue weighted by Gasteiger charge is -2.14. The minimum absolute atomic E-state index is 0.00394. The Morgan fingerprint density at radius 1 is 1.48 bits per heavy atom. The minimum atomic E-state index is 0.00394. The maximum atomic E-state index is 12.1. The fourth-order valence-electron chi connectivity index (χ4n) is 2.80. The molecule has 1 aliphatic heterocycles. The van der Waals surface area contributed by atoms with E-state index in [0.717, 1.165) is 36.3 Å². The predicted octanol–water partition coefficient (Wildman–Crippen LogP) is 2.41. The van der Waals surface area contributed by atoms with E-state index in [1.165, 1.54) is 0 Å². The number of hydrogen-bond donors (Lipinski definition) is 1. The molecule has 112 valence electrons. The van der Waals surface area contributed by atoms with E-state index < -0.39 is 0 Å². The number of ether oxygens (including phenoxy) is 1. The molecule has 21 heavy (non-hydrogen) atoms. The summed E-state index contributed by atoms with van der Waals surface area (Å²) in [5.74, 6) is 0.875. The number of rotatable bonds is 4. The number of carbonyl (C=O) groups excluding carboxylic acids is 1. The van der Waals surface area contributed by atoms with Gasteiger partial charge >= 0.3 is 0 Å². The van der Waals surface area contributed by atoms with Gasteiger partial charge in [0.05, 0.1) is 11.0 Å². The van der Waals surface area contributed by atoms with Crippen LogP contribution in [0.3, 0.4) is 0 Å². The highest BCUT2D eigenvalue weighted by atomic mass is 16.5. The van der Waals surface area contributed by atoms with Gasteiger partial charge in [-0.3, -0.25) is 4.79 Å². The van der Waals surface area contributed by atoms with Crippen molar-refractivity contribution in [3.63, 3.8) is 0 Å². The second kappa shape index (κ2) is 5.85. The molecule has 1 saturated heterocycles. The first-order chi connectivity index (χ1) is 10.1. The van der Waals surface area contributed by atoms with Gasteiger partial charge in [-0.05, 0) is 38.8 Å². The maximum Gasteiger partial charge on any atom is 0.240 e. The number of benzene rings is 1. The molecule has 0 spiro atoms. The predicted molar refractivity (Wildman–Crippen MR) is 80.9 cm³/mol. The van der Waals surface area contributed by atoms with E-state index in [-0.39, 0.29) is 24.6 Å². The number of nitrogens with zero attached hydrogens (tertiary/aromatic N) is 2. The standard InChI is InChI=1S/C16H21N3O2/c1-11(2)17-15(20)10-19-13-7-4-3-6-12(13)18-16(19)14-8-5-9-21-14/h3-4,6-7,11,14H,5,8-10H2,1-2H3,(H,17,20). The average molecular weight is 287 g/mol. The summed E-state index contributed by atoms with van der Waals surface area (Å²) in [6, 6.07) is 8.06. The summed E-state index contributed by atoms with van der Waals surface area (Å²) in [6.45, 7) is 4.98. The van der Waals surface area contributed by atoms with E-state index >= 15 is 0 Å². The molecule has 1 aromatic carbocycles. The molecule has 0 radical (unpaired) electrons. The second-order valence-corrected chi connectivity index (χ2v) is 5.77. The van der Waals surface area contributed by atoms with Crippen molar-refractivity contribution in [1.29, 1.82) is 0 Å². The molecule has 5 nitrogen and oxygen atoms in total. The van der Waals surface area contributed by atoms with Gasteiger partial charge in [0.25, 0.3) is 0 Å². The molecule has 2 heterocycles.